The molecule has 2 rings (SSSR count). The van der Waals surface area contributed by atoms with Gasteiger partial charge in [0.05, 0.1) is 5.71 Å². The Bertz CT molecular complexity index is 680. The van der Waals surface area contributed by atoms with Crippen LogP contribution in [0.3, 0.4) is 0 Å². The van der Waals surface area contributed by atoms with Gasteiger partial charge in [0, 0.05) is 5.56 Å². The maximum Gasteiger partial charge on any atom is 0.523 e. The molecule has 0 saturated carbocycles. The smallest absolute Gasteiger partial charge is 0.323 e. The maximum atomic E-state index is 12.3. The molecule has 20 heavy (non-hydrogen) atoms. The van der Waals surface area contributed by atoms with Crippen molar-refractivity contribution in [3.05, 3.63) is 47.5 Å². The molecule has 5 nitrogen and oxygen atoms in total. The fourth-order valence-corrected chi connectivity index (χ4v) is 2.29. The summed E-state index contributed by atoms with van der Waals surface area (Å²) in [7, 11) is -5.69. The Labute approximate surface area is 112 Å². The van der Waals surface area contributed by atoms with Gasteiger partial charge in [-0.25, -0.2) is 0 Å². The van der Waals surface area contributed by atoms with Crippen LogP contribution in [-0.4, -0.2) is 19.6 Å². The van der Waals surface area contributed by atoms with E-state index in [-0.39, 0.29) is 5.56 Å². The summed E-state index contributed by atoms with van der Waals surface area (Å²) in [5, 5.41) is 3.47. The highest BCUT2D eigenvalue weighted by Crippen LogP contribution is 2.34. The van der Waals surface area contributed by atoms with Crippen molar-refractivity contribution in [3.63, 3.8) is 0 Å². The Balaban J connectivity index is 2.42. The molecule has 0 bridgehead atoms. The fourth-order valence-electron chi connectivity index (χ4n) is 1.74. The Morgan fingerprint density at radius 1 is 1.25 bits per heavy atom. The quantitative estimate of drug-likeness (QED) is 0.391. The number of halogens is 3. The lowest BCUT2D eigenvalue weighted by molar-refractivity contribution is -0.0561. The molecule has 1 atom stereocenters. The maximum absolute atomic E-state index is 12.3. The molecule has 108 valence electrons. The summed E-state index contributed by atoms with van der Waals surface area (Å²) in [6, 6.07) is 6.17. The second-order valence-corrected chi connectivity index (χ2v) is 5.44. The molecule has 1 unspecified atom stereocenters. The van der Waals surface area contributed by atoms with Crippen LogP contribution in [0.15, 0.2) is 41.5 Å². The zero-order valence-corrected chi connectivity index (χ0v) is 10.6. The largest absolute Gasteiger partial charge is 0.523 e. The van der Waals surface area contributed by atoms with E-state index >= 15 is 0 Å². The summed E-state index contributed by atoms with van der Waals surface area (Å²) >= 11 is 0. The van der Waals surface area contributed by atoms with E-state index in [4.69, 9.17) is 5.84 Å². The van der Waals surface area contributed by atoms with Gasteiger partial charge in [-0.2, -0.15) is 26.7 Å². The second kappa shape index (κ2) is 4.91. The molecule has 0 amide bonds. The van der Waals surface area contributed by atoms with Gasteiger partial charge in [0.25, 0.3) is 0 Å². The van der Waals surface area contributed by atoms with Crippen molar-refractivity contribution in [1.82, 2.24) is 0 Å². The molecule has 0 fully saturated rings. The molecule has 0 aliphatic heterocycles. The molecule has 1 aromatic rings. The first kappa shape index (κ1) is 14.5. The van der Waals surface area contributed by atoms with Gasteiger partial charge in [0.2, 0.25) is 0 Å². The zero-order valence-electron chi connectivity index (χ0n) is 9.83. The lowest BCUT2D eigenvalue weighted by atomic mass is 9.93. The molecule has 0 radical (unpaired) electrons. The number of nitrogens with two attached hydrogens (primary N) is 1. The molecule has 0 heterocycles. The number of hydrogen-bond donors (Lipinski definition) is 1. The standard InChI is InChI=1S/C11H9F3N2O3S/c12-11(13,14)20(17,18)19-10-6-5-9(16-15)7-3-1-2-4-8(7)10/h1-6,10H,15H2. The SMILES string of the molecule is NN=C1C=CC(OS(=O)(=O)C(F)(F)F)c2ccccc21. The van der Waals surface area contributed by atoms with Crippen LogP contribution < -0.4 is 5.84 Å². The van der Waals surface area contributed by atoms with Gasteiger partial charge in [0.15, 0.2) is 0 Å². The average Bonchev–Trinajstić information content (AvgIpc) is 2.37. The van der Waals surface area contributed by atoms with E-state index in [1.165, 1.54) is 12.1 Å². The highest BCUT2D eigenvalue weighted by Gasteiger charge is 2.48. The number of fused-ring (bicyclic) bond motifs is 1. The molecule has 2 N–H and O–H groups in total. The van der Waals surface area contributed by atoms with Crippen LogP contribution >= 0.6 is 0 Å². The van der Waals surface area contributed by atoms with Crippen molar-refractivity contribution in [2.45, 2.75) is 11.6 Å². The molecular formula is C11H9F3N2O3S. The lowest BCUT2D eigenvalue weighted by Crippen LogP contribution is -2.28. The summed E-state index contributed by atoms with van der Waals surface area (Å²) in [4.78, 5) is 0. The van der Waals surface area contributed by atoms with Gasteiger partial charge in [-0.3, -0.25) is 4.18 Å². The van der Waals surface area contributed by atoms with Crippen LogP contribution in [0.5, 0.6) is 0 Å². The van der Waals surface area contributed by atoms with E-state index < -0.39 is 21.7 Å². The van der Waals surface area contributed by atoms with Crippen molar-refractivity contribution >= 4 is 15.8 Å². The molecule has 0 saturated heterocycles. The molecule has 0 spiro atoms. The summed E-state index contributed by atoms with van der Waals surface area (Å²) < 4.78 is 63.3. The summed E-state index contributed by atoms with van der Waals surface area (Å²) in [6.45, 7) is 0. The van der Waals surface area contributed by atoms with Crippen molar-refractivity contribution in [2.24, 2.45) is 10.9 Å². The van der Waals surface area contributed by atoms with Gasteiger partial charge in [-0.15, -0.1) is 0 Å². The van der Waals surface area contributed by atoms with Crippen molar-refractivity contribution in [1.29, 1.82) is 0 Å². The monoisotopic (exact) mass is 306 g/mol. The Morgan fingerprint density at radius 3 is 2.50 bits per heavy atom. The van der Waals surface area contributed by atoms with Crippen LogP contribution in [0.25, 0.3) is 0 Å². The number of nitrogens with zero attached hydrogens (tertiary/aromatic N) is 1. The van der Waals surface area contributed by atoms with Crippen molar-refractivity contribution < 1.29 is 25.8 Å². The van der Waals surface area contributed by atoms with E-state index in [2.05, 4.69) is 9.28 Å². The average molecular weight is 306 g/mol. The van der Waals surface area contributed by atoms with Crippen LogP contribution in [0.2, 0.25) is 0 Å². The van der Waals surface area contributed by atoms with E-state index in [9.17, 15) is 21.6 Å². The number of hydrogen-bond acceptors (Lipinski definition) is 5. The first-order valence-corrected chi connectivity index (χ1v) is 6.72. The predicted octanol–water partition coefficient (Wildman–Crippen LogP) is 1.83. The predicted molar refractivity (Wildman–Crippen MR) is 65.1 cm³/mol. The Kier molecular flexibility index (Phi) is 3.57. The Hall–Kier alpha value is -1.87. The third-order valence-corrected chi connectivity index (χ3v) is 3.65. The Morgan fingerprint density at radius 2 is 1.90 bits per heavy atom. The number of rotatable bonds is 2. The number of hydrazone groups is 1. The minimum Gasteiger partial charge on any atom is -0.323 e. The second-order valence-electron chi connectivity index (χ2n) is 3.88. The third kappa shape index (κ3) is 2.54. The molecule has 0 aromatic heterocycles. The topological polar surface area (TPSA) is 81.8 Å². The fraction of sp³-hybridized carbons (Fsp3) is 0.182. The van der Waals surface area contributed by atoms with E-state index in [0.717, 1.165) is 6.08 Å². The van der Waals surface area contributed by atoms with E-state index in [1.54, 1.807) is 18.2 Å². The number of alkyl halides is 3. The number of allylic oxidation sites excluding steroid dienone is 1. The minimum atomic E-state index is -5.69. The van der Waals surface area contributed by atoms with E-state index in [1.807, 2.05) is 0 Å². The lowest BCUT2D eigenvalue weighted by Gasteiger charge is -2.21. The van der Waals surface area contributed by atoms with Gasteiger partial charge in [-0.05, 0) is 17.7 Å². The van der Waals surface area contributed by atoms with Crippen molar-refractivity contribution in [2.75, 3.05) is 0 Å². The van der Waals surface area contributed by atoms with Gasteiger partial charge in [-0.1, -0.05) is 24.3 Å². The van der Waals surface area contributed by atoms with Gasteiger partial charge in [0.1, 0.15) is 6.10 Å². The third-order valence-electron chi connectivity index (χ3n) is 2.63. The molecule has 9 heteroatoms. The van der Waals surface area contributed by atoms with Gasteiger partial charge < -0.3 is 5.84 Å². The van der Waals surface area contributed by atoms with Crippen molar-refractivity contribution in [3.8, 4) is 0 Å². The summed E-state index contributed by atoms with van der Waals surface area (Å²) in [5.41, 5.74) is -4.49. The van der Waals surface area contributed by atoms with Gasteiger partial charge >= 0.3 is 15.6 Å². The highest BCUT2D eigenvalue weighted by molar-refractivity contribution is 7.87. The van der Waals surface area contributed by atoms with Crippen LogP contribution in [0.1, 0.15) is 17.2 Å². The highest BCUT2D eigenvalue weighted by atomic mass is 32.2. The first-order chi connectivity index (χ1) is 9.26. The minimum absolute atomic E-state index is 0.243. The van der Waals surface area contributed by atoms with Crippen LogP contribution in [0, 0.1) is 0 Å². The van der Waals surface area contributed by atoms with Crippen LogP contribution in [0.4, 0.5) is 13.2 Å². The normalized spacial score (nSPS) is 20.9. The summed E-state index contributed by atoms with van der Waals surface area (Å²) in [5.74, 6) is 5.16. The summed E-state index contributed by atoms with van der Waals surface area (Å²) in [6.07, 6.45) is 1.08. The zero-order chi connectivity index (χ0) is 15.0. The first-order valence-electron chi connectivity index (χ1n) is 5.31. The molecule has 1 aromatic carbocycles. The van der Waals surface area contributed by atoms with E-state index in [0.29, 0.717) is 11.3 Å². The molecule has 1 aliphatic rings. The molecule has 1 aliphatic carbocycles. The molecular weight excluding hydrogens is 297 g/mol. The number of benzene rings is 1. The van der Waals surface area contributed by atoms with Crippen LogP contribution in [-0.2, 0) is 14.3 Å².